The summed E-state index contributed by atoms with van der Waals surface area (Å²) in [5.41, 5.74) is -1.10. The third-order valence-electron chi connectivity index (χ3n) is 3.81. The van der Waals surface area contributed by atoms with E-state index in [4.69, 9.17) is 0 Å². The van der Waals surface area contributed by atoms with E-state index in [1.54, 1.807) is 0 Å². The molecule has 0 atom stereocenters. The molecular weight excluding hydrogens is 386 g/mol. The van der Waals surface area contributed by atoms with Gasteiger partial charge in [-0.1, -0.05) is 12.1 Å². The van der Waals surface area contributed by atoms with E-state index >= 15 is 0 Å². The van der Waals surface area contributed by atoms with E-state index in [0.717, 1.165) is 24.6 Å². The van der Waals surface area contributed by atoms with Crippen molar-refractivity contribution in [2.75, 3.05) is 12.5 Å². The van der Waals surface area contributed by atoms with E-state index in [-0.39, 0.29) is 11.1 Å². The number of benzene rings is 2. The molecule has 0 saturated heterocycles. The number of carbonyl (C=O) groups is 1. The Labute approximate surface area is 150 Å². The van der Waals surface area contributed by atoms with E-state index in [0.29, 0.717) is 0 Å². The zero-order valence-electron chi connectivity index (χ0n) is 14.4. The van der Waals surface area contributed by atoms with Crippen LogP contribution in [0.4, 0.5) is 8.78 Å². The monoisotopic (exact) mass is 402 g/mol. The molecule has 0 N–H and O–H groups in total. The van der Waals surface area contributed by atoms with Crippen LogP contribution in [0.5, 0.6) is 0 Å². The molecule has 0 saturated carbocycles. The highest BCUT2D eigenvalue weighted by molar-refractivity contribution is 7.91. The number of aryl methyl sites for hydroxylation is 2. The lowest BCUT2D eigenvalue weighted by atomic mass is 10.0. The van der Waals surface area contributed by atoms with Crippen LogP contribution in [0.1, 0.15) is 27.0 Å². The highest BCUT2D eigenvalue weighted by Crippen LogP contribution is 2.29. The molecule has 140 valence electrons. The highest BCUT2D eigenvalue weighted by atomic mass is 32.2. The maximum Gasteiger partial charge on any atom is 0.195 e. The molecule has 0 radical (unpaired) electrons. The molecule has 0 aliphatic carbocycles. The van der Waals surface area contributed by atoms with Gasteiger partial charge in [-0.05, 0) is 37.1 Å². The molecule has 0 unspecified atom stereocenters. The van der Waals surface area contributed by atoms with E-state index in [1.807, 2.05) is 0 Å². The van der Waals surface area contributed by atoms with Crippen molar-refractivity contribution in [1.82, 2.24) is 0 Å². The van der Waals surface area contributed by atoms with Gasteiger partial charge in [0, 0.05) is 23.6 Å². The van der Waals surface area contributed by atoms with E-state index in [1.165, 1.54) is 26.0 Å². The Morgan fingerprint density at radius 2 is 1.04 bits per heavy atom. The van der Waals surface area contributed by atoms with Crippen molar-refractivity contribution in [2.24, 2.45) is 0 Å². The van der Waals surface area contributed by atoms with Crippen LogP contribution in [0.25, 0.3) is 0 Å². The topological polar surface area (TPSA) is 85.3 Å². The molecule has 0 heterocycles. The second-order valence-electron chi connectivity index (χ2n) is 6.02. The first kappa shape index (κ1) is 20.2. The van der Waals surface area contributed by atoms with E-state index < -0.39 is 58.0 Å². The molecule has 5 nitrogen and oxygen atoms in total. The number of sulfone groups is 2. The summed E-state index contributed by atoms with van der Waals surface area (Å²) in [7, 11) is -8.29. The van der Waals surface area contributed by atoms with Gasteiger partial charge in [-0.3, -0.25) is 4.79 Å². The van der Waals surface area contributed by atoms with Gasteiger partial charge >= 0.3 is 0 Å². The molecular formula is C17H16F2O5S2. The van der Waals surface area contributed by atoms with Gasteiger partial charge in [0.1, 0.15) is 21.4 Å². The number of hydrogen-bond donors (Lipinski definition) is 0. The molecule has 0 aromatic heterocycles. The van der Waals surface area contributed by atoms with Gasteiger partial charge in [-0.25, -0.2) is 25.6 Å². The first-order chi connectivity index (χ1) is 11.8. The van der Waals surface area contributed by atoms with Gasteiger partial charge in [0.15, 0.2) is 25.5 Å². The lowest BCUT2D eigenvalue weighted by molar-refractivity contribution is 0.103. The maximum absolute atomic E-state index is 14.4. The SMILES string of the molecule is Cc1ccc(C(=O)c2ccc(C)c(F)c2S(C)(=O)=O)c(S(C)(=O)=O)c1F. The predicted octanol–water partition coefficient (Wildman–Crippen LogP) is 2.62. The van der Waals surface area contributed by atoms with Crippen molar-refractivity contribution < 1.29 is 30.4 Å². The van der Waals surface area contributed by atoms with Gasteiger partial charge < -0.3 is 0 Å². The quantitative estimate of drug-likeness (QED) is 0.734. The Morgan fingerprint density at radius 1 is 0.731 bits per heavy atom. The fourth-order valence-electron chi connectivity index (χ4n) is 2.54. The molecule has 0 bridgehead atoms. The minimum Gasteiger partial charge on any atom is -0.289 e. The standard InChI is InChI=1S/C17H16F2O5S2/c1-9-5-7-11(16(13(9)18)25(3,21)22)15(20)12-8-6-10(2)14(19)17(12)26(4,23)24/h5-8H,1-4H3. The maximum atomic E-state index is 14.4. The van der Waals surface area contributed by atoms with Crippen LogP contribution < -0.4 is 0 Å². The summed E-state index contributed by atoms with van der Waals surface area (Å²) in [6.45, 7) is 2.65. The average Bonchev–Trinajstić information content (AvgIpc) is 2.49. The number of hydrogen-bond acceptors (Lipinski definition) is 5. The van der Waals surface area contributed by atoms with Gasteiger partial charge in [0.25, 0.3) is 0 Å². The molecule has 2 rings (SSSR count). The van der Waals surface area contributed by atoms with Crippen LogP contribution in [-0.2, 0) is 19.7 Å². The zero-order valence-corrected chi connectivity index (χ0v) is 16.1. The number of carbonyl (C=O) groups excluding carboxylic acids is 1. The van der Waals surface area contributed by atoms with E-state index in [2.05, 4.69) is 0 Å². The lowest BCUT2D eigenvalue weighted by Crippen LogP contribution is -2.16. The van der Waals surface area contributed by atoms with Gasteiger partial charge in [0.2, 0.25) is 0 Å². The van der Waals surface area contributed by atoms with Gasteiger partial charge in [0.05, 0.1) is 0 Å². The second-order valence-corrected chi connectivity index (χ2v) is 9.92. The van der Waals surface area contributed by atoms with Crippen LogP contribution in [-0.4, -0.2) is 35.1 Å². The Kier molecular flexibility index (Phi) is 5.08. The van der Waals surface area contributed by atoms with Crippen molar-refractivity contribution in [3.63, 3.8) is 0 Å². The summed E-state index contributed by atoms with van der Waals surface area (Å²) in [6.07, 6.45) is 1.46. The fourth-order valence-corrected chi connectivity index (χ4v) is 4.63. The molecule has 2 aromatic rings. The Balaban J connectivity index is 2.90. The second kappa shape index (κ2) is 6.55. The van der Waals surface area contributed by atoms with Crippen LogP contribution in [0.3, 0.4) is 0 Å². The molecule has 0 amide bonds. The smallest absolute Gasteiger partial charge is 0.195 e. The molecule has 26 heavy (non-hydrogen) atoms. The van der Waals surface area contributed by atoms with Crippen LogP contribution in [0, 0.1) is 25.5 Å². The average molecular weight is 402 g/mol. The summed E-state index contributed by atoms with van der Waals surface area (Å²) >= 11 is 0. The normalized spacial score (nSPS) is 12.2. The third-order valence-corrected chi connectivity index (χ3v) is 6.09. The summed E-state index contributed by atoms with van der Waals surface area (Å²) in [5.74, 6) is -3.30. The lowest BCUT2D eigenvalue weighted by Gasteiger charge is -2.13. The van der Waals surface area contributed by atoms with Crippen LogP contribution in [0.2, 0.25) is 0 Å². The van der Waals surface area contributed by atoms with Crippen molar-refractivity contribution in [2.45, 2.75) is 23.6 Å². The van der Waals surface area contributed by atoms with Gasteiger partial charge in [-0.2, -0.15) is 0 Å². The largest absolute Gasteiger partial charge is 0.289 e. The number of rotatable bonds is 4. The minimum absolute atomic E-state index is 0.000369. The number of halogens is 2. The molecule has 9 heteroatoms. The summed E-state index contributed by atoms with van der Waals surface area (Å²) in [4.78, 5) is 11.2. The highest BCUT2D eigenvalue weighted by Gasteiger charge is 2.30. The van der Waals surface area contributed by atoms with Crippen molar-refractivity contribution >= 4 is 25.5 Å². The Bertz CT molecular complexity index is 1040. The molecule has 2 aromatic carbocycles. The van der Waals surface area contributed by atoms with Crippen molar-refractivity contribution in [1.29, 1.82) is 0 Å². The van der Waals surface area contributed by atoms with Crippen molar-refractivity contribution in [3.8, 4) is 0 Å². The molecule has 0 aliphatic rings. The fraction of sp³-hybridized carbons (Fsp3) is 0.235. The minimum atomic E-state index is -4.15. The summed E-state index contributed by atoms with van der Waals surface area (Å²) in [5, 5.41) is 0. The molecule has 0 aliphatic heterocycles. The first-order valence-corrected chi connectivity index (χ1v) is 11.1. The Morgan fingerprint density at radius 3 is 1.31 bits per heavy atom. The predicted molar refractivity (Wildman–Crippen MR) is 91.9 cm³/mol. The zero-order chi connectivity index (χ0) is 20.0. The number of ketones is 1. The van der Waals surface area contributed by atoms with Gasteiger partial charge in [-0.15, -0.1) is 0 Å². The van der Waals surface area contributed by atoms with Crippen molar-refractivity contribution in [3.05, 3.63) is 58.2 Å². The van der Waals surface area contributed by atoms with Crippen LogP contribution >= 0.6 is 0 Å². The summed E-state index contributed by atoms with van der Waals surface area (Å²) < 4.78 is 76.7. The first-order valence-electron chi connectivity index (χ1n) is 7.29. The molecule has 0 spiro atoms. The third kappa shape index (κ3) is 3.54. The summed E-state index contributed by atoms with van der Waals surface area (Å²) in [6, 6.07) is 4.56. The van der Waals surface area contributed by atoms with Crippen LogP contribution in [0.15, 0.2) is 34.1 Å². The molecule has 0 fully saturated rings. The van der Waals surface area contributed by atoms with E-state index in [9.17, 15) is 30.4 Å². The Hall–Kier alpha value is -2.13.